The fraction of sp³-hybridized carbons (Fsp3) is 0.250. The van der Waals surface area contributed by atoms with Crippen LogP contribution in [-0.2, 0) is 0 Å². The first-order valence-corrected chi connectivity index (χ1v) is 9.95. The van der Waals surface area contributed by atoms with Gasteiger partial charge in [0.25, 0.3) is 5.69 Å². The van der Waals surface area contributed by atoms with Crippen LogP contribution >= 0.6 is 0 Å². The van der Waals surface area contributed by atoms with Gasteiger partial charge < -0.3 is 9.47 Å². The summed E-state index contributed by atoms with van der Waals surface area (Å²) in [7, 11) is 1.58. The third-order valence-electron chi connectivity index (χ3n) is 4.64. The molecule has 170 valence electrons. The van der Waals surface area contributed by atoms with Crippen LogP contribution in [0.4, 0.5) is 5.69 Å². The molecule has 0 unspecified atom stereocenters. The Bertz CT molecular complexity index is 1080. The van der Waals surface area contributed by atoms with E-state index in [2.05, 4.69) is 33.1 Å². The van der Waals surface area contributed by atoms with Gasteiger partial charge >= 0.3 is 0 Å². The van der Waals surface area contributed by atoms with Crippen LogP contribution in [0.15, 0.2) is 52.7 Å². The van der Waals surface area contributed by atoms with Crippen LogP contribution in [0.2, 0.25) is 0 Å². The van der Waals surface area contributed by atoms with Gasteiger partial charge in [-0.3, -0.25) is 10.1 Å². The lowest BCUT2D eigenvalue weighted by Crippen LogP contribution is -2.13. The number of non-ortho nitro benzene ring substituents is 1. The standard InChI is InChI=1S/C24H25N5O4/c1-6-25-27-17(3)14-19(15-18(4)28-26-7-2)23-16-22(32-5)12-13-24(23)33-21-10-8-20(9-11-21)29(30)31/h1-2,8-13,16,19,25-26H,14-15H2,3-5H3/b27-17-,28-18-. The van der Waals surface area contributed by atoms with E-state index in [9.17, 15) is 10.1 Å². The van der Waals surface area contributed by atoms with Gasteiger partial charge in [0.05, 0.1) is 12.0 Å². The number of hydrogen-bond acceptors (Lipinski definition) is 8. The van der Waals surface area contributed by atoms with Crippen molar-refractivity contribution < 1.29 is 14.4 Å². The molecule has 9 nitrogen and oxygen atoms in total. The van der Waals surface area contributed by atoms with Gasteiger partial charge in [0.1, 0.15) is 17.2 Å². The second kappa shape index (κ2) is 12.4. The van der Waals surface area contributed by atoms with Crippen LogP contribution < -0.4 is 20.3 Å². The van der Waals surface area contributed by atoms with Gasteiger partial charge in [-0.15, -0.1) is 0 Å². The molecule has 0 radical (unpaired) electrons. The molecule has 0 heterocycles. The monoisotopic (exact) mass is 447 g/mol. The highest BCUT2D eigenvalue weighted by Crippen LogP contribution is 2.37. The van der Waals surface area contributed by atoms with Crippen molar-refractivity contribution in [2.75, 3.05) is 7.11 Å². The van der Waals surface area contributed by atoms with E-state index in [1.54, 1.807) is 31.4 Å². The Morgan fingerprint density at radius 1 is 1.03 bits per heavy atom. The minimum absolute atomic E-state index is 0.0177. The second-order valence-electron chi connectivity index (χ2n) is 7.07. The lowest BCUT2D eigenvalue weighted by molar-refractivity contribution is -0.384. The Morgan fingerprint density at radius 2 is 1.58 bits per heavy atom. The molecule has 0 aliphatic carbocycles. The fourth-order valence-corrected chi connectivity index (χ4v) is 3.18. The Morgan fingerprint density at radius 3 is 2.06 bits per heavy atom. The van der Waals surface area contributed by atoms with Crippen molar-refractivity contribution >= 4 is 17.1 Å². The molecule has 0 saturated heterocycles. The maximum absolute atomic E-state index is 10.9. The van der Waals surface area contributed by atoms with Crippen molar-refractivity contribution in [2.45, 2.75) is 32.6 Å². The van der Waals surface area contributed by atoms with E-state index in [-0.39, 0.29) is 11.6 Å². The summed E-state index contributed by atoms with van der Waals surface area (Å²) >= 11 is 0. The Hall–Kier alpha value is -4.50. The van der Waals surface area contributed by atoms with Gasteiger partial charge in [-0.05, 0) is 62.9 Å². The first kappa shape index (κ1) is 24.8. The maximum atomic E-state index is 10.9. The van der Waals surface area contributed by atoms with Crippen LogP contribution in [0, 0.1) is 35.0 Å². The Kier molecular flexibility index (Phi) is 9.29. The molecule has 0 saturated carbocycles. The fourth-order valence-electron chi connectivity index (χ4n) is 3.18. The van der Waals surface area contributed by atoms with E-state index >= 15 is 0 Å². The topological polar surface area (TPSA) is 110 Å². The van der Waals surface area contributed by atoms with Crippen molar-refractivity contribution in [3.05, 3.63) is 58.1 Å². The summed E-state index contributed by atoms with van der Waals surface area (Å²) < 4.78 is 11.5. The molecule has 2 aromatic carbocycles. The highest BCUT2D eigenvalue weighted by atomic mass is 16.6. The Labute approximate surface area is 193 Å². The zero-order valence-corrected chi connectivity index (χ0v) is 18.7. The first-order valence-electron chi connectivity index (χ1n) is 9.95. The zero-order chi connectivity index (χ0) is 24.2. The summed E-state index contributed by atoms with van der Waals surface area (Å²) in [5.41, 5.74) is 7.42. The third-order valence-corrected chi connectivity index (χ3v) is 4.64. The van der Waals surface area contributed by atoms with Gasteiger partial charge in [0.2, 0.25) is 0 Å². The number of nitrogens with zero attached hydrogens (tertiary/aromatic N) is 3. The molecule has 33 heavy (non-hydrogen) atoms. The quantitative estimate of drug-likeness (QED) is 0.174. The zero-order valence-electron chi connectivity index (χ0n) is 18.7. The smallest absolute Gasteiger partial charge is 0.269 e. The number of terminal acetylenes is 2. The molecule has 0 fully saturated rings. The summed E-state index contributed by atoms with van der Waals surface area (Å²) in [6.45, 7) is 3.72. The molecule has 0 aliphatic rings. The van der Waals surface area contributed by atoms with Gasteiger partial charge in [0, 0.05) is 41.2 Å². The van der Waals surface area contributed by atoms with E-state index in [1.807, 2.05) is 19.9 Å². The number of benzene rings is 2. The number of hydrazone groups is 2. The average molecular weight is 447 g/mol. The molecule has 0 aliphatic heterocycles. The maximum Gasteiger partial charge on any atom is 0.269 e. The highest BCUT2D eigenvalue weighted by molar-refractivity contribution is 5.86. The molecule has 0 atom stereocenters. The number of nitro benzene ring substituents is 1. The molecule has 0 bridgehead atoms. The molecule has 9 heteroatoms. The number of ether oxygens (including phenoxy) is 2. The molecular weight excluding hydrogens is 422 g/mol. The molecular formula is C24H25N5O4. The number of hydrogen-bond donors (Lipinski definition) is 2. The summed E-state index contributed by atoms with van der Waals surface area (Å²) in [4.78, 5) is 10.5. The predicted molar refractivity (Wildman–Crippen MR) is 128 cm³/mol. The number of nitrogens with one attached hydrogen (secondary N) is 2. The molecule has 0 aromatic heterocycles. The third kappa shape index (κ3) is 7.60. The minimum Gasteiger partial charge on any atom is -0.497 e. The van der Waals surface area contributed by atoms with Gasteiger partial charge in [0.15, 0.2) is 0 Å². The van der Waals surface area contributed by atoms with Crippen molar-refractivity contribution in [3.63, 3.8) is 0 Å². The van der Waals surface area contributed by atoms with Crippen molar-refractivity contribution in [3.8, 4) is 42.2 Å². The first-order chi connectivity index (χ1) is 15.9. The lowest BCUT2D eigenvalue weighted by atomic mass is 9.88. The number of nitro groups is 1. The largest absolute Gasteiger partial charge is 0.497 e. The van der Waals surface area contributed by atoms with Crippen LogP contribution in [0.3, 0.4) is 0 Å². The van der Waals surface area contributed by atoms with E-state index in [0.717, 1.165) is 17.0 Å². The molecule has 2 rings (SSSR count). The van der Waals surface area contributed by atoms with Gasteiger partial charge in [-0.2, -0.15) is 10.2 Å². The summed E-state index contributed by atoms with van der Waals surface area (Å²) in [6.07, 6.45) is 11.6. The van der Waals surface area contributed by atoms with E-state index in [1.165, 1.54) is 12.1 Å². The van der Waals surface area contributed by atoms with Crippen LogP contribution in [0.1, 0.15) is 38.2 Å². The molecule has 0 spiro atoms. The van der Waals surface area contributed by atoms with Gasteiger partial charge in [-0.1, -0.05) is 12.8 Å². The predicted octanol–water partition coefficient (Wildman–Crippen LogP) is 4.37. The summed E-state index contributed by atoms with van der Waals surface area (Å²) in [5.74, 6) is 1.58. The van der Waals surface area contributed by atoms with Crippen molar-refractivity contribution in [1.29, 1.82) is 0 Å². The number of rotatable bonds is 11. The van der Waals surface area contributed by atoms with Crippen LogP contribution in [0.25, 0.3) is 0 Å². The number of methoxy groups -OCH3 is 1. The molecule has 0 amide bonds. The van der Waals surface area contributed by atoms with E-state index in [0.29, 0.717) is 30.1 Å². The van der Waals surface area contributed by atoms with E-state index in [4.69, 9.17) is 22.3 Å². The molecule has 2 aromatic rings. The van der Waals surface area contributed by atoms with Crippen LogP contribution in [0.5, 0.6) is 17.2 Å². The average Bonchev–Trinajstić information content (AvgIpc) is 2.81. The second-order valence-corrected chi connectivity index (χ2v) is 7.07. The summed E-state index contributed by atoms with van der Waals surface area (Å²) in [6, 6.07) is 15.9. The lowest BCUT2D eigenvalue weighted by Gasteiger charge is -2.21. The highest BCUT2D eigenvalue weighted by Gasteiger charge is 2.21. The summed E-state index contributed by atoms with van der Waals surface area (Å²) in [5, 5.41) is 19.3. The van der Waals surface area contributed by atoms with Crippen molar-refractivity contribution in [2.24, 2.45) is 10.2 Å². The van der Waals surface area contributed by atoms with Crippen LogP contribution in [-0.4, -0.2) is 23.5 Å². The normalized spacial score (nSPS) is 12.2. The Balaban J connectivity index is 2.46. The van der Waals surface area contributed by atoms with Crippen molar-refractivity contribution in [1.82, 2.24) is 10.9 Å². The SMILES string of the molecule is C#CN/N=C(/C)CC(C/C(C)=N\NC#C)c1cc(OC)ccc1Oc1ccc([N+](=O)[O-])cc1. The van der Waals surface area contributed by atoms with Gasteiger partial charge in [-0.25, -0.2) is 10.9 Å². The minimum atomic E-state index is -0.461. The van der Waals surface area contributed by atoms with E-state index < -0.39 is 4.92 Å². The molecule has 2 N–H and O–H groups in total.